The first-order chi connectivity index (χ1) is 9.49. The van der Waals surface area contributed by atoms with E-state index in [4.69, 9.17) is 4.74 Å². The molecule has 2 fully saturated rings. The molecule has 1 amide bonds. The number of carbonyl (C=O) groups excluding carboxylic acids is 1. The summed E-state index contributed by atoms with van der Waals surface area (Å²) < 4.78 is 5.42. The largest absolute Gasteiger partial charge is 0.477 e. The number of carboxylic acid groups (broad SMARTS) is 1. The maximum absolute atomic E-state index is 12.2. The third-order valence-corrected chi connectivity index (χ3v) is 4.85. The Hall–Kier alpha value is -1.40. The molecule has 6 heteroatoms. The fourth-order valence-electron chi connectivity index (χ4n) is 4.08. The van der Waals surface area contributed by atoms with E-state index in [-0.39, 0.29) is 29.7 Å². The number of carbonyl (C=O) groups is 2. The molecule has 5 atom stereocenters. The monoisotopic (exact) mass is 281 g/mol. The number of β-lactam (4-membered cyclic amide) rings is 1. The zero-order valence-corrected chi connectivity index (χ0v) is 11.6. The highest BCUT2D eigenvalue weighted by Gasteiger charge is 2.62. The van der Waals surface area contributed by atoms with Crippen molar-refractivity contribution >= 4 is 11.9 Å². The molecule has 20 heavy (non-hydrogen) atoms. The van der Waals surface area contributed by atoms with E-state index < -0.39 is 18.0 Å². The van der Waals surface area contributed by atoms with Crippen molar-refractivity contribution in [2.24, 2.45) is 11.8 Å². The number of aliphatic hydroxyl groups is 1. The molecule has 3 aliphatic rings. The first kappa shape index (κ1) is 13.6. The van der Waals surface area contributed by atoms with Crippen LogP contribution in [0.2, 0.25) is 0 Å². The van der Waals surface area contributed by atoms with E-state index in [0.29, 0.717) is 0 Å². The average Bonchev–Trinajstić information content (AvgIpc) is 2.69. The van der Waals surface area contributed by atoms with Gasteiger partial charge in [-0.3, -0.25) is 4.79 Å². The van der Waals surface area contributed by atoms with Crippen LogP contribution in [0.25, 0.3) is 0 Å². The smallest absolute Gasteiger partial charge is 0.352 e. The van der Waals surface area contributed by atoms with Crippen molar-refractivity contribution in [1.29, 1.82) is 0 Å². The van der Waals surface area contributed by atoms with Crippen molar-refractivity contribution < 1.29 is 24.5 Å². The molecular formula is C14H19NO5. The molecule has 0 aromatic carbocycles. The third-order valence-electron chi connectivity index (χ3n) is 4.85. The molecule has 1 unspecified atom stereocenters. The average molecular weight is 281 g/mol. The van der Waals surface area contributed by atoms with Crippen molar-refractivity contribution in [1.82, 2.24) is 4.90 Å². The lowest BCUT2D eigenvalue weighted by Crippen LogP contribution is -2.64. The summed E-state index contributed by atoms with van der Waals surface area (Å²) in [5.74, 6) is -1.83. The Morgan fingerprint density at radius 1 is 1.45 bits per heavy atom. The van der Waals surface area contributed by atoms with Gasteiger partial charge in [0.15, 0.2) is 0 Å². The Morgan fingerprint density at radius 2 is 2.15 bits per heavy atom. The highest BCUT2D eigenvalue weighted by molar-refractivity contribution is 6.00. The Bertz CT molecular complexity index is 498. The molecule has 0 aromatic heterocycles. The molecule has 0 spiro atoms. The van der Waals surface area contributed by atoms with Gasteiger partial charge in [-0.05, 0) is 31.8 Å². The number of fused-ring (bicyclic) bond motifs is 3. The predicted molar refractivity (Wildman–Crippen MR) is 68.6 cm³/mol. The van der Waals surface area contributed by atoms with Gasteiger partial charge in [-0.15, -0.1) is 0 Å². The van der Waals surface area contributed by atoms with E-state index in [1.54, 1.807) is 14.0 Å². The molecule has 110 valence electrons. The van der Waals surface area contributed by atoms with Crippen LogP contribution in [0.5, 0.6) is 0 Å². The number of hydrogen-bond donors (Lipinski definition) is 2. The van der Waals surface area contributed by atoms with Crippen molar-refractivity contribution in [3.8, 4) is 0 Å². The molecule has 3 rings (SSSR count). The van der Waals surface area contributed by atoms with Crippen LogP contribution in [0, 0.1) is 11.8 Å². The molecule has 1 saturated carbocycles. The molecule has 1 aliphatic carbocycles. The van der Waals surface area contributed by atoms with Crippen LogP contribution in [0.1, 0.15) is 26.2 Å². The number of aliphatic carboxylic acids is 1. The minimum absolute atomic E-state index is 0.0112. The molecule has 1 saturated heterocycles. The molecule has 6 nitrogen and oxygen atoms in total. The zero-order valence-electron chi connectivity index (χ0n) is 11.6. The van der Waals surface area contributed by atoms with Gasteiger partial charge >= 0.3 is 5.97 Å². The summed E-state index contributed by atoms with van der Waals surface area (Å²) in [6.45, 7) is 1.59. The summed E-state index contributed by atoms with van der Waals surface area (Å²) >= 11 is 0. The summed E-state index contributed by atoms with van der Waals surface area (Å²) in [6, 6.07) is -0.207. The highest BCUT2D eigenvalue weighted by atomic mass is 16.5. The van der Waals surface area contributed by atoms with Gasteiger partial charge in [-0.2, -0.15) is 0 Å². The van der Waals surface area contributed by atoms with Crippen LogP contribution in [0.3, 0.4) is 0 Å². The molecule has 2 N–H and O–H groups in total. The summed E-state index contributed by atoms with van der Waals surface area (Å²) in [5.41, 5.74) is 0.834. The van der Waals surface area contributed by atoms with Crippen LogP contribution in [-0.2, 0) is 14.3 Å². The van der Waals surface area contributed by atoms with E-state index in [9.17, 15) is 19.8 Å². The molecule has 2 heterocycles. The fourth-order valence-corrected chi connectivity index (χ4v) is 4.08. The van der Waals surface area contributed by atoms with Crippen LogP contribution in [0.15, 0.2) is 11.3 Å². The first-order valence-electron chi connectivity index (χ1n) is 7.00. The number of carboxylic acids is 1. The summed E-state index contributed by atoms with van der Waals surface area (Å²) in [5, 5.41) is 19.2. The number of hydrogen-bond acceptors (Lipinski definition) is 4. The van der Waals surface area contributed by atoms with E-state index >= 15 is 0 Å². The van der Waals surface area contributed by atoms with Gasteiger partial charge in [-0.1, -0.05) is 0 Å². The lowest BCUT2D eigenvalue weighted by Gasteiger charge is -2.47. The topological polar surface area (TPSA) is 87.1 Å². The van der Waals surface area contributed by atoms with Crippen molar-refractivity contribution in [2.75, 3.05) is 7.11 Å². The minimum Gasteiger partial charge on any atom is -0.477 e. The van der Waals surface area contributed by atoms with E-state index in [0.717, 1.165) is 24.8 Å². The van der Waals surface area contributed by atoms with E-state index in [2.05, 4.69) is 0 Å². The molecule has 2 aliphatic heterocycles. The molecule has 0 bridgehead atoms. The molecule has 0 aromatic rings. The predicted octanol–water partition coefficient (Wildman–Crippen LogP) is 0.362. The number of nitrogens with zero attached hydrogens (tertiary/aromatic N) is 1. The number of rotatable bonds is 3. The Labute approximate surface area is 117 Å². The van der Waals surface area contributed by atoms with Gasteiger partial charge in [0.05, 0.1) is 24.2 Å². The first-order valence-corrected chi connectivity index (χ1v) is 7.00. The highest BCUT2D eigenvalue weighted by Crippen LogP contribution is 2.52. The quantitative estimate of drug-likeness (QED) is 0.729. The van der Waals surface area contributed by atoms with E-state index in [1.165, 1.54) is 4.90 Å². The summed E-state index contributed by atoms with van der Waals surface area (Å²) in [7, 11) is 1.57. The van der Waals surface area contributed by atoms with Gasteiger partial charge in [0.2, 0.25) is 5.91 Å². The van der Waals surface area contributed by atoms with Crippen molar-refractivity contribution in [2.45, 2.75) is 44.4 Å². The van der Waals surface area contributed by atoms with Gasteiger partial charge in [-0.25, -0.2) is 4.79 Å². The fraction of sp³-hybridized carbons (Fsp3) is 0.714. The van der Waals surface area contributed by atoms with E-state index in [1.807, 2.05) is 0 Å². The standard InChI is InChI=1S/C14H19NO5/c1-6(16)9-11-7-4-3-5-8(20-2)10(7)12(14(18)19)15(11)13(9)17/h6-9,11,16H,3-5H2,1-2H3,(H,18,19)/t6?,7-,8+,9-,11-/m1/s1. The second kappa shape index (κ2) is 4.56. The number of aliphatic hydroxyl groups excluding tert-OH is 1. The third kappa shape index (κ3) is 1.58. The SMILES string of the molecule is CO[C@H]1CCC[C@@H]2C1=C(C(=O)O)N1C(=O)[C@H](C(C)O)[C@@H]21. The Balaban J connectivity index is 2.04. The van der Waals surface area contributed by atoms with Gasteiger partial charge in [0, 0.05) is 13.0 Å². The van der Waals surface area contributed by atoms with Gasteiger partial charge in [0.1, 0.15) is 5.70 Å². The normalized spacial score (nSPS) is 37.4. The summed E-state index contributed by atoms with van der Waals surface area (Å²) in [6.07, 6.45) is 1.61. The van der Waals surface area contributed by atoms with Crippen LogP contribution in [0.4, 0.5) is 0 Å². The zero-order chi connectivity index (χ0) is 14.6. The Morgan fingerprint density at radius 3 is 2.70 bits per heavy atom. The molecular weight excluding hydrogens is 262 g/mol. The second-order valence-corrected chi connectivity index (χ2v) is 5.84. The number of methoxy groups -OCH3 is 1. The molecule has 0 radical (unpaired) electrons. The lowest BCUT2D eigenvalue weighted by atomic mass is 9.72. The second-order valence-electron chi connectivity index (χ2n) is 5.84. The summed E-state index contributed by atoms with van der Waals surface area (Å²) in [4.78, 5) is 25.1. The van der Waals surface area contributed by atoms with Gasteiger partial charge < -0.3 is 19.8 Å². The maximum Gasteiger partial charge on any atom is 0.352 e. The Kier molecular flexibility index (Phi) is 3.10. The maximum atomic E-state index is 12.2. The van der Waals surface area contributed by atoms with Crippen molar-refractivity contribution in [3.05, 3.63) is 11.3 Å². The number of amides is 1. The lowest BCUT2D eigenvalue weighted by molar-refractivity contribution is -0.163. The minimum atomic E-state index is -1.08. The van der Waals surface area contributed by atoms with Crippen LogP contribution < -0.4 is 0 Å². The van der Waals surface area contributed by atoms with Crippen LogP contribution >= 0.6 is 0 Å². The van der Waals surface area contributed by atoms with Crippen LogP contribution in [-0.4, -0.2) is 52.3 Å². The number of ether oxygens (including phenoxy) is 1. The van der Waals surface area contributed by atoms with Gasteiger partial charge in [0.25, 0.3) is 0 Å². The van der Waals surface area contributed by atoms with Crippen molar-refractivity contribution in [3.63, 3.8) is 0 Å².